The molecule has 6 nitrogen and oxygen atoms in total. The van der Waals surface area contributed by atoms with Crippen molar-refractivity contribution in [2.75, 3.05) is 13.2 Å². The van der Waals surface area contributed by atoms with E-state index in [0.29, 0.717) is 13.0 Å². The molecule has 1 saturated heterocycles. The highest BCUT2D eigenvalue weighted by molar-refractivity contribution is 5.84. The first-order chi connectivity index (χ1) is 9.01. The summed E-state index contributed by atoms with van der Waals surface area (Å²) in [6, 6.07) is -0.870. The van der Waals surface area contributed by atoms with E-state index in [1.54, 1.807) is 0 Å². The van der Waals surface area contributed by atoms with Gasteiger partial charge in [-0.2, -0.15) is 0 Å². The van der Waals surface area contributed by atoms with Crippen LogP contribution in [0.2, 0.25) is 0 Å². The van der Waals surface area contributed by atoms with Gasteiger partial charge >= 0.3 is 5.97 Å². The molecule has 2 atom stereocenters. The highest BCUT2D eigenvalue weighted by atomic mass is 16.5. The molecule has 0 aromatic rings. The number of aliphatic carboxylic acids is 1. The van der Waals surface area contributed by atoms with Crippen molar-refractivity contribution in [1.29, 1.82) is 0 Å². The van der Waals surface area contributed by atoms with E-state index in [1.165, 1.54) is 4.90 Å². The van der Waals surface area contributed by atoms with Gasteiger partial charge in [-0.3, -0.25) is 4.79 Å². The predicted octanol–water partition coefficient (Wildman–Crippen LogP) is 0.238. The number of likely N-dealkylation sites (tertiary alicyclic amines) is 1. The smallest absolute Gasteiger partial charge is 0.326 e. The zero-order valence-electron chi connectivity index (χ0n) is 11.1. The van der Waals surface area contributed by atoms with Crippen LogP contribution in [0.5, 0.6) is 0 Å². The number of carboxylic acid groups (broad SMARTS) is 1. The number of carbonyl (C=O) groups excluding carboxylic acids is 1. The van der Waals surface area contributed by atoms with Crippen LogP contribution in [0, 0.1) is 5.92 Å². The summed E-state index contributed by atoms with van der Waals surface area (Å²) >= 11 is 0. The number of carboxylic acids is 1. The van der Waals surface area contributed by atoms with Crippen LogP contribution in [0.3, 0.4) is 0 Å². The second-order valence-electron chi connectivity index (χ2n) is 5.41. The molecule has 2 unspecified atom stereocenters. The van der Waals surface area contributed by atoms with Crippen LogP contribution in [-0.4, -0.2) is 58.4 Å². The van der Waals surface area contributed by atoms with Crippen molar-refractivity contribution < 1.29 is 24.5 Å². The average Bonchev–Trinajstić information content (AvgIpc) is 2.68. The van der Waals surface area contributed by atoms with Gasteiger partial charge in [-0.15, -0.1) is 0 Å². The normalized spacial score (nSPS) is 34.1. The van der Waals surface area contributed by atoms with Gasteiger partial charge in [0, 0.05) is 26.0 Å². The van der Waals surface area contributed by atoms with Crippen molar-refractivity contribution in [3.8, 4) is 0 Å². The van der Waals surface area contributed by atoms with Gasteiger partial charge in [0.05, 0.1) is 12.2 Å². The minimum absolute atomic E-state index is 0.132. The number of aliphatic hydroxyl groups is 1. The highest BCUT2D eigenvalue weighted by Crippen LogP contribution is 2.34. The average molecular weight is 271 g/mol. The molecule has 0 bridgehead atoms. The lowest BCUT2D eigenvalue weighted by Gasteiger charge is -2.35. The van der Waals surface area contributed by atoms with Crippen molar-refractivity contribution in [1.82, 2.24) is 4.90 Å². The zero-order chi connectivity index (χ0) is 14.0. The van der Waals surface area contributed by atoms with E-state index in [9.17, 15) is 14.7 Å². The monoisotopic (exact) mass is 271 g/mol. The number of aliphatic hydroxyl groups excluding tert-OH is 1. The van der Waals surface area contributed by atoms with Gasteiger partial charge in [-0.05, 0) is 25.7 Å². The number of amides is 1. The minimum Gasteiger partial charge on any atom is -0.480 e. The van der Waals surface area contributed by atoms with E-state index in [0.717, 1.165) is 12.8 Å². The number of ether oxygens (including phenoxy) is 1. The molecule has 1 aliphatic heterocycles. The first-order valence-corrected chi connectivity index (χ1v) is 6.83. The summed E-state index contributed by atoms with van der Waals surface area (Å²) in [5.74, 6) is -0.911. The summed E-state index contributed by atoms with van der Waals surface area (Å²) in [5, 5.41) is 18.6. The Bertz CT molecular complexity index is 353. The number of rotatable bonds is 5. The summed E-state index contributed by atoms with van der Waals surface area (Å²) in [6.45, 7) is 2.77. The quantitative estimate of drug-likeness (QED) is 0.748. The predicted molar refractivity (Wildman–Crippen MR) is 66.5 cm³/mol. The van der Waals surface area contributed by atoms with Gasteiger partial charge in [0.15, 0.2) is 0 Å². The molecule has 2 rings (SSSR count). The van der Waals surface area contributed by atoms with Crippen LogP contribution in [0.1, 0.15) is 32.6 Å². The molecule has 108 valence electrons. The molecule has 1 amide bonds. The molecule has 19 heavy (non-hydrogen) atoms. The highest BCUT2D eigenvalue weighted by Gasteiger charge is 2.40. The maximum absolute atomic E-state index is 12.1. The number of hydrogen-bond acceptors (Lipinski definition) is 4. The molecular formula is C13H21NO5. The zero-order valence-corrected chi connectivity index (χ0v) is 11.1. The van der Waals surface area contributed by atoms with Crippen LogP contribution in [0.15, 0.2) is 0 Å². The largest absolute Gasteiger partial charge is 0.480 e. The molecule has 0 spiro atoms. The van der Waals surface area contributed by atoms with E-state index in [2.05, 4.69) is 0 Å². The molecule has 2 aliphatic rings. The van der Waals surface area contributed by atoms with Crippen molar-refractivity contribution >= 4 is 11.9 Å². The second-order valence-corrected chi connectivity index (χ2v) is 5.41. The summed E-state index contributed by atoms with van der Waals surface area (Å²) in [5.41, 5.74) is 0. The number of hydrogen-bond donors (Lipinski definition) is 2. The van der Waals surface area contributed by atoms with E-state index < -0.39 is 18.1 Å². The fourth-order valence-electron chi connectivity index (χ4n) is 2.90. The Kier molecular flexibility index (Phi) is 4.42. The van der Waals surface area contributed by atoms with E-state index in [-0.39, 0.29) is 30.9 Å². The Labute approximate surface area is 112 Å². The topological polar surface area (TPSA) is 87.1 Å². The standard InChI is InChI=1S/C13H21NO5/c1-2-19-10-3-8(4-10)5-12(16)14-7-9(15)6-11(14)13(17)18/h8-11,15H,2-7H2,1H3,(H,17,18). The van der Waals surface area contributed by atoms with E-state index >= 15 is 0 Å². The van der Waals surface area contributed by atoms with Gasteiger partial charge in [0.1, 0.15) is 6.04 Å². The van der Waals surface area contributed by atoms with Crippen LogP contribution >= 0.6 is 0 Å². The van der Waals surface area contributed by atoms with Gasteiger partial charge in [-0.1, -0.05) is 0 Å². The van der Waals surface area contributed by atoms with Gasteiger partial charge < -0.3 is 19.8 Å². The van der Waals surface area contributed by atoms with Crippen molar-refractivity contribution in [2.45, 2.75) is 50.9 Å². The van der Waals surface area contributed by atoms with E-state index in [4.69, 9.17) is 9.84 Å². The molecule has 1 aliphatic carbocycles. The molecule has 0 radical (unpaired) electrons. The van der Waals surface area contributed by atoms with Crippen LogP contribution in [0.4, 0.5) is 0 Å². The Hall–Kier alpha value is -1.14. The minimum atomic E-state index is -1.04. The lowest BCUT2D eigenvalue weighted by atomic mass is 9.79. The maximum atomic E-state index is 12.1. The Morgan fingerprint density at radius 3 is 2.58 bits per heavy atom. The third-order valence-electron chi connectivity index (χ3n) is 3.94. The first kappa shape index (κ1) is 14.3. The molecule has 1 heterocycles. The second kappa shape index (κ2) is 5.88. The molecule has 2 N–H and O–H groups in total. The van der Waals surface area contributed by atoms with Crippen LogP contribution in [0.25, 0.3) is 0 Å². The van der Waals surface area contributed by atoms with Crippen molar-refractivity contribution in [2.24, 2.45) is 5.92 Å². The molecule has 2 fully saturated rings. The molecule has 1 saturated carbocycles. The van der Waals surface area contributed by atoms with E-state index in [1.807, 2.05) is 6.92 Å². The lowest BCUT2D eigenvalue weighted by molar-refractivity contribution is -0.149. The van der Waals surface area contributed by atoms with Gasteiger partial charge in [0.2, 0.25) is 5.91 Å². The maximum Gasteiger partial charge on any atom is 0.326 e. The number of carbonyl (C=O) groups is 2. The summed E-state index contributed by atoms with van der Waals surface area (Å²) in [7, 11) is 0. The fraction of sp³-hybridized carbons (Fsp3) is 0.846. The van der Waals surface area contributed by atoms with Gasteiger partial charge in [-0.25, -0.2) is 4.79 Å². The molecular weight excluding hydrogens is 250 g/mol. The number of β-amino-alcohol motifs (C(OH)–C–C–N with tert-alkyl or cyclic N) is 1. The first-order valence-electron chi connectivity index (χ1n) is 6.83. The van der Waals surface area contributed by atoms with Crippen molar-refractivity contribution in [3.05, 3.63) is 0 Å². The third-order valence-corrected chi connectivity index (χ3v) is 3.94. The van der Waals surface area contributed by atoms with Crippen LogP contribution < -0.4 is 0 Å². The summed E-state index contributed by atoms with van der Waals surface area (Å²) in [4.78, 5) is 24.4. The third kappa shape index (κ3) is 3.25. The Morgan fingerprint density at radius 1 is 1.32 bits per heavy atom. The number of nitrogens with zero attached hydrogens (tertiary/aromatic N) is 1. The molecule has 0 aromatic heterocycles. The van der Waals surface area contributed by atoms with Crippen LogP contribution in [-0.2, 0) is 14.3 Å². The Balaban J connectivity index is 1.81. The summed E-state index contributed by atoms with van der Waals surface area (Å²) in [6.07, 6.45) is 1.76. The lowest BCUT2D eigenvalue weighted by Crippen LogP contribution is -2.43. The van der Waals surface area contributed by atoms with Crippen molar-refractivity contribution in [3.63, 3.8) is 0 Å². The Morgan fingerprint density at radius 2 is 2.00 bits per heavy atom. The molecule has 0 aromatic carbocycles. The summed E-state index contributed by atoms with van der Waals surface area (Å²) < 4.78 is 5.43. The van der Waals surface area contributed by atoms with Gasteiger partial charge in [0.25, 0.3) is 0 Å². The fourth-order valence-corrected chi connectivity index (χ4v) is 2.90. The molecule has 6 heteroatoms. The SMILES string of the molecule is CCOC1CC(CC(=O)N2CC(O)CC2C(=O)O)C1.